The highest BCUT2D eigenvalue weighted by molar-refractivity contribution is 6.30. The maximum Gasteiger partial charge on any atom is 0.0813 e. The van der Waals surface area contributed by atoms with Crippen molar-refractivity contribution in [3.8, 4) is 0 Å². The van der Waals surface area contributed by atoms with Gasteiger partial charge in [-0.15, -0.1) is 0 Å². The number of benzene rings is 1. The van der Waals surface area contributed by atoms with Gasteiger partial charge in [0.1, 0.15) is 0 Å². The minimum absolute atomic E-state index is 0.0164. The molecule has 0 radical (unpaired) electrons. The molecule has 2 aliphatic carbocycles. The van der Waals surface area contributed by atoms with Gasteiger partial charge in [-0.3, -0.25) is 0 Å². The van der Waals surface area contributed by atoms with E-state index in [-0.39, 0.29) is 5.60 Å². The lowest BCUT2D eigenvalue weighted by atomic mass is 9.78. The van der Waals surface area contributed by atoms with Crippen molar-refractivity contribution in [1.82, 2.24) is 5.32 Å². The van der Waals surface area contributed by atoms with Crippen molar-refractivity contribution in [1.29, 1.82) is 0 Å². The first-order valence-corrected chi connectivity index (χ1v) is 8.65. The van der Waals surface area contributed by atoms with Crippen LogP contribution in [-0.2, 0) is 11.3 Å². The Kier molecular flexibility index (Phi) is 4.88. The molecule has 2 unspecified atom stereocenters. The van der Waals surface area contributed by atoms with Crippen LogP contribution in [0.4, 0.5) is 0 Å². The van der Waals surface area contributed by atoms with E-state index in [0.717, 1.165) is 23.5 Å². The summed E-state index contributed by atoms with van der Waals surface area (Å²) in [7, 11) is 0. The van der Waals surface area contributed by atoms with E-state index in [0.29, 0.717) is 6.61 Å². The molecular formula is C18H26ClNO. The molecule has 0 aliphatic heterocycles. The van der Waals surface area contributed by atoms with Gasteiger partial charge >= 0.3 is 0 Å². The molecule has 1 N–H and O–H groups in total. The van der Waals surface area contributed by atoms with E-state index in [1.807, 2.05) is 18.2 Å². The zero-order valence-electron chi connectivity index (χ0n) is 12.9. The second-order valence-electron chi connectivity index (χ2n) is 6.96. The van der Waals surface area contributed by atoms with E-state index in [1.54, 1.807) is 0 Å². The molecule has 3 heteroatoms. The molecule has 21 heavy (non-hydrogen) atoms. The van der Waals surface area contributed by atoms with Gasteiger partial charge in [0.2, 0.25) is 0 Å². The fourth-order valence-corrected chi connectivity index (χ4v) is 3.65. The Labute approximate surface area is 133 Å². The minimum atomic E-state index is 0.0164. The van der Waals surface area contributed by atoms with Crippen LogP contribution in [0, 0.1) is 5.92 Å². The Morgan fingerprint density at radius 2 is 2.19 bits per heavy atom. The highest BCUT2D eigenvalue weighted by Gasteiger charge is 2.37. The maximum atomic E-state index is 6.44. The highest BCUT2D eigenvalue weighted by atomic mass is 35.5. The van der Waals surface area contributed by atoms with Gasteiger partial charge in [0.15, 0.2) is 0 Å². The van der Waals surface area contributed by atoms with Crippen LogP contribution in [0.1, 0.15) is 51.0 Å². The van der Waals surface area contributed by atoms with Crippen molar-refractivity contribution >= 4 is 11.6 Å². The molecule has 2 fully saturated rings. The predicted molar refractivity (Wildman–Crippen MR) is 87.6 cm³/mol. The lowest BCUT2D eigenvalue weighted by Crippen LogP contribution is -2.46. The number of nitrogens with one attached hydrogen (secondary N) is 1. The molecule has 3 rings (SSSR count). The molecule has 1 aromatic rings. The molecule has 0 aromatic heterocycles. The first-order chi connectivity index (χ1) is 10.2. The predicted octanol–water partition coefficient (Wildman–Crippen LogP) is 4.56. The van der Waals surface area contributed by atoms with Crippen LogP contribution in [0.3, 0.4) is 0 Å². The van der Waals surface area contributed by atoms with Gasteiger partial charge in [-0.2, -0.15) is 0 Å². The van der Waals surface area contributed by atoms with Crippen LogP contribution in [0.5, 0.6) is 0 Å². The van der Waals surface area contributed by atoms with Crippen LogP contribution < -0.4 is 5.32 Å². The van der Waals surface area contributed by atoms with Crippen molar-refractivity contribution < 1.29 is 4.74 Å². The third-order valence-corrected chi connectivity index (χ3v) is 5.01. The van der Waals surface area contributed by atoms with Gasteiger partial charge in [0.05, 0.1) is 12.2 Å². The molecular weight excluding hydrogens is 282 g/mol. The van der Waals surface area contributed by atoms with Crippen molar-refractivity contribution in [3.63, 3.8) is 0 Å². The summed E-state index contributed by atoms with van der Waals surface area (Å²) >= 11 is 6.07. The van der Waals surface area contributed by atoms with Crippen molar-refractivity contribution in [2.45, 2.75) is 63.7 Å². The zero-order valence-corrected chi connectivity index (χ0v) is 13.7. The van der Waals surface area contributed by atoms with Crippen LogP contribution >= 0.6 is 11.6 Å². The Hall–Kier alpha value is -0.570. The molecule has 1 aromatic carbocycles. The summed E-state index contributed by atoms with van der Waals surface area (Å²) in [5.41, 5.74) is 1.19. The lowest BCUT2D eigenvalue weighted by Gasteiger charge is -2.40. The van der Waals surface area contributed by atoms with E-state index in [1.165, 1.54) is 44.1 Å². The average molecular weight is 308 g/mol. The molecule has 0 heterocycles. The van der Waals surface area contributed by atoms with E-state index in [4.69, 9.17) is 16.3 Å². The molecule has 0 spiro atoms. The van der Waals surface area contributed by atoms with Gasteiger partial charge in [0.25, 0.3) is 0 Å². The zero-order chi connectivity index (χ0) is 14.7. The summed E-state index contributed by atoms with van der Waals surface area (Å²) in [4.78, 5) is 0. The maximum absolute atomic E-state index is 6.44. The van der Waals surface area contributed by atoms with Gasteiger partial charge in [-0.25, -0.2) is 0 Å². The lowest BCUT2D eigenvalue weighted by molar-refractivity contribution is -0.0891. The third-order valence-electron chi connectivity index (χ3n) is 4.77. The fourth-order valence-electron chi connectivity index (χ4n) is 3.44. The summed E-state index contributed by atoms with van der Waals surface area (Å²) in [6, 6.07) is 8.77. The summed E-state index contributed by atoms with van der Waals surface area (Å²) in [6.45, 7) is 4.02. The van der Waals surface area contributed by atoms with E-state index < -0.39 is 0 Å². The van der Waals surface area contributed by atoms with E-state index >= 15 is 0 Å². The average Bonchev–Trinajstić information content (AvgIpc) is 3.28. The smallest absolute Gasteiger partial charge is 0.0813 e. The summed E-state index contributed by atoms with van der Waals surface area (Å²) in [6.07, 6.45) is 7.64. The molecule has 2 aliphatic rings. The monoisotopic (exact) mass is 307 g/mol. The number of halogens is 1. The molecule has 0 amide bonds. The standard InChI is InChI=1S/C18H26ClNO/c1-14-4-3-9-18(11-14,13-20-17-7-8-17)21-12-15-5-2-6-16(19)10-15/h2,5-6,10,14,17,20H,3-4,7-9,11-13H2,1H3. The van der Waals surface area contributed by atoms with Crippen LogP contribution in [0.25, 0.3) is 0 Å². The van der Waals surface area contributed by atoms with Crippen LogP contribution in [0.15, 0.2) is 24.3 Å². The Balaban J connectivity index is 1.63. The number of hydrogen-bond donors (Lipinski definition) is 1. The van der Waals surface area contributed by atoms with Crippen LogP contribution in [0.2, 0.25) is 5.02 Å². The van der Waals surface area contributed by atoms with Crippen LogP contribution in [-0.4, -0.2) is 18.2 Å². The fraction of sp³-hybridized carbons (Fsp3) is 0.667. The number of rotatable bonds is 6. The summed E-state index contributed by atoms with van der Waals surface area (Å²) < 4.78 is 6.44. The molecule has 0 bridgehead atoms. The molecule has 0 saturated heterocycles. The molecule has 2 atom stereocenters. The number of ether oxygens (including phenoxy) is 1. The van der Waals surface area contributed by atoms with E-state index in [9.17, 15) is 0 Å². The Bertz CT molecular complexity index is 474. The van der Waals surface area contributed by atoms with E-state index in [2.05, 4.69) is 18.3 Å². The van der Waals surface area contributed by atoms with Crippen molar-refractivity contribution in [2.75, 3.05) is 6.54 Å². The normalized spacial score (nSPS) is 29.5. The number of hydrogen-bond acceptors (Lipinski definition) is 2. The largest absolute Gasteiger partial charge is 0.369 e. The van der Waals surface area contributed by atoms with Crippen molar-refractivity contribution in [3.05, 3.63) is 34.9 Å². The van der Waals surface area contributed by atoms with Gasteiger partial charge in [-0.05, 0) is 49.3 Å². The summed E-state index contributed by atoms with van der Waals surface area (Å²) in [5, 5.41) is 4.47. The minimum Gasteiger partial charge on any atom is -0.369 e. The van der Waals surface area contributed by atoms with Crippen molar-refractivity contribution in [2.24, 2.45) is 5.92 Å². The van der Waals surface area contributed by atoms with Gasteiger partial charge in [-0.1, -0.05) is 43.5 Å². The first-order valence-electron chi connectivity index (χ1n) is 8.27. The van der Waals surface area contributed by atoms with Gasteiger partial charge in [0, 0.05) is 17.6 Å². The molecule has 116 valence electrons. The first kappa shape index (κ1) is 15.3. The second kappa shape index (κ2) is 6.68. The topological polar surface area (TPSA) is 21.3 Å². The quantitative estimate of drug-likeness (QED) is 0.832. The molecule has 2 nitrogen and oxygen atoms in total. The SMILES string of the molecule is CC1CCCC(CNC2CC2)(OCc2cccc(Cl)c2)C1. The highest BCUT2D eigenvalue weighted by Crippen LogP contribution is 2.36. The summed E-state index contributed by atoms with van der Waals surface area (Å²) in [5.74, 6) is 0.763. The Morgan fingerprint density at radius 3 is 2.90 bits per heavy atom. The second-order valence-corrected chi connectivity index (χ2v) is 7.39. The molecule has 2 saturated carbocycles. The van der Waals surface area contributed by atoms with Gasteiger partial charge < -0.3 is 10.1 Å². The third kappa shape index (κ3) is 4.45. The Morgan fingerprint density at radius 1 is 1.33 bits per heavy atom.